The Balaban J connectivity index is 2.96. The maximum Gasteiger partial charge on any atom is 0.222 e. The number of alkyl halides is 1. The Kier molecular flexibility index (Phi) is 1.97. The summed E-state index contributed by atoms with van der Waals surface area (Å²) in [5.41, 5.74) is -0.0556. The van der Waals surface area contributed by atoms with Crippen LogP contribution in [0.1, 0.15) is 11.9 Å². The molecule has 1 N–H and O–H groups in total. The van der Waals surface area contributed by atoms with Gasteiger partial charge in [-0.25, -0.2) is 8.78 Å². The van der Waals surface area contributed by atoms with E-state index < -0.39 is 12.2 Å². The standard InChI is InChI=1S/C7H6F2O/c8-6-3-1-2-5(4-6)7(9)10/h1-4,7,10H. The maximum atomic E-state index is 12.2. The third-order valence-corrected chi connectivity index (χ3v) is 1.12. The normalized spacial score (nSPS) is 13.1. The highest BCUT2D eigenvalue weighted by Gasteiger charge is 2.03. The van der Waals surface area contributed by atoms with Crippen molar-refractivity contribution in [3.63, 3.8) is 0 Å². The van der Waals surface area contributed by atoms with Gasteiger partial charge in [0.2, 0.25) is 6.36 Å². The lowest BCUT2D eigenvalue weighted by Gasteiger charge is -1.98. The van der Waals surface area contributed by atoms with Crippen molar-refractivity contribution in [2.75, 3.05) is 0 Å². The monoisotopic (exact) mass is 144 g/mol. The molecule has 0 heterocycles. The molecule has 1 atom stereocenters. The number of hydrogen-bond acceptors (Lipinski definition) is 1. The summed E-state index contributed by atoms with van der Waals surface area (Å²) in [4.78, 5) is 0. The van der Waals surface area contributed by atoms with E-state index >= 15 is 0 Å². The molecule has 0 saturated heterocycles. The van der Waals surface area contributed by atoms with Gasteiger partial charge in [0.15, 0.2) is 0 Å². The molecule has 0 spiro atoms. The molecule has 0 fully saturated rings. The summed E-state index contributed by atoms with van der Waals surface area (Å²) < 4.78 is 24.3. The molecule has 0 radical (unpaired) electrons. The van der Waals surface area contributed by atoms with E-state index in [0.29, 0.717) is 0 Å². The van der Waals surface area contributed by atoms with Gasteiger partial charge in [-0.1, -0.05) is 12.1 Å². The molecule has 0 aliphatic rings. The zero-order chi connectivity index (χ0) is 7.56. The quantitative estimate of drug-likeness (QED) is 0.637. The predicted octanol–water partition coefficient (Wildman–Crippen LogP) is 1.79. The van der Waals surface area contributed by atoms with Gasteiger partial charge in [0.1, 0.15) is 5.82 Å². The second kappa shape index (κ2) is 2.75. The van der Waals surface area contributed by atoms with Crippen LogP contribution in [0.15, 0.2) is 24.3 Å². The molecule has 0 aliphatic heterocycles. The van der Waals surface area contributed by atoms with Crippen molar-refractivity contribution in [1.29, 1.82) is 0 Å². The molecule has 1 nitrogen and oxygen atoms in total. The molecule has 0 aromatic heterocycles. The first-order valence-electron chi connectivity index (χ1n) is 2.78. The van der Waals surface area contributed by atoms with Crippen molar-refractivity contribution < 1.29 is 13.9 Å². The molecule has 54 valence electrons. The first-order chi connectivity index (χ1) is 4.70. The van der Waals surface area contributed by atoms with Gasteiger partial charge in [-0.05, 0) is 12.1 Å². The molecule has 0 bridgehead atoms. The van der Waals surface area contributed by atoms with Gasteiger partial charge < -0.3 is 5.11 Å². The van der Waals surface area contributed by atoms with Crippen LogP contribution in [-0.2, 0) is 0 Å². The Morgan fingerprint density at radius 2 is 2.10 bits per heavy atom. The molecule has 1 rings (SSSR count). The fourth-order valence-electron chi connectivity index (χ4n) is 0.655. The second-order valence-electron chi connectivity index (χ2n) is 1.89. The summed E-state index contributed by atoms with van der Waals surface area (Å²) in [6.45, 7) is 0. The topological polar surface area (TPSA) is 20.2 Å². The van der Waals surface area contributed by atoms with E-state index in [1.807, 2.05) is 0 Å². The fourth-order valence-corrected chi connectivity index (χ4v) is 0.655. The van der Waals surface area contributed by atoms with Crippen LogP contribution in [0.5, 0.6) is 0 Å². The van der Waals surface area contributed by atoms with Crippen LogP contribution in [-0.4, -0.2) is 5.11 Å². The summed E-state index contributed by atoms with van der Waals surface area (Å²) in [5.74, 6) is -0.547. The smallest absolute Gasteiger partial charge is 0.222 e. The van der Waals surface area contributed by atoms with E-state index in [4.69, 9.17) is 5.11 Å². The van der Waals surface area contributed by atoms with Gasteiger partial charge in [-0.2, -0.15) is 0 Å². The first kappa shape index (κ1) is 7.15. The summed E-state index contributed by atoms with van der Waals surface area (Å²) in [6, 6.07) is 4.79. The Bertz CT molecular complexity index is 223. The Morgan fingerprint density at radius 3 is 2.50 bits per heavy atom. The number of halogens is 2. The van der Waals surface area contributed by atoms with E-state index in [-0.39, 0.29) is 5.56 Å². The largest absolute Gasteiger partial charge is 0.360 e. The average molecular weight is 144 g/mol. The van der Waals surface area contributed by atoms with Crippen molar-refractivity contribution in [1.82, 2.24) is 0 Å². The number of aliphatic hydroxyl groups excluding tert-OH is 1. The van der Waals surface area contributed by atoms with Crippen LogP contribution in [0.2, 0.25) is 0 Å². The molecule has 0 saturated carbocycles. The predicted molar refractivity (Wildman–Crippen MR) is 32.5 cm³/mol. The summed E-state index contributed by atoms with van der Waals surface area (Å²) in [5, 5.41) is 8.31. The highest BCUT2D eigenvalue weighted by molar-refractivity contribution is 5.16. The summed E-state index contributed by atoms with van der Waals surface area (Å²) in [6.07, 6.45) is -2.09. The first-order valence-corrected chi connectivity index (χ1v) is 2.78. The van der Waals surface area contributed by atoms with Gasteiger partial charge in [-0.15, -0.1) is 0 Å². The van der Waals surface area contributed by atoms with Crippen LogP contribution in [0.3, 0.4) is 0 Å². The Hall–Kier alpha value is -0.960. The van der Waals surface area contributed by atoms with Gasteiger partial charge in [0, 0.05) is 5.56 Å². The van der Waals surface area contributed by atoms with Crippen molar-refractivity contribution in [3.8, 4) is 0 Å². The third-order valence-electron chi connectivity index (χ3n) is 1.12. The number of aliphatic hydroxyl groups is 1. The minimum Gasteiger partial charge on any atom is -0.360 e. The van der Waals surface area contributed by atoms with Gasteiger partial charge in [-0.3, -0.25) is 0 Å². The van der Waals surface area contributed by atoms with Crippen LogP contribution in [0, 0.1) is 5.82 Å². The van der Waals surface area contributed by atoms with Crippen molar-refractivity contribution >= 4 is 0 Å². The molecular weight excluding hydrogens is 138 g/mol. The second-order valence-corrected chi connectivity index (χ2v) is 1.89. The Labute approximate surface area is 56.9 Å². The minimum absolute atomic E-state index is 0.0556. The molecule has 3 heteroatoms. The summed E-state index contributed by atoms with van der Waals surface area (Å²) in [7, 11) is 0. The van der Waals surface area contributed by atoms with Crippen LogP contribution < -0.4 is 0 Å². The van der Waals surface area contributed by atoms with Gasteiger partial charge in [0.25, 0.3) is 0 Å². The highest BCUT2D eigenvalue weighted by Crippen LogP contribution is 2.13. The molecule has 10 heavy (non-hydrogen) atoms. The lowest BCUT2D eigenvalue weighted by molar-refractivity contribution is 0.0408. The zero-order valence-electron chi connectivity index (χ0n) is 5.09. The van der Waals surface area contributed by atoms with Crippen molar-refractivity contribution in [2.45, 2.75) is 6.36 Å². The number of benzene rings is 1. The fraction of sp³-hybridized carbons (Fsp3) is 0.143. The van der Waals surface area contributed by atoms with E-state index in [2.05, 4.69) is 0 Å². The lowest BCUT2D eigenvalue weighted by atomic mass is 10.2. The van der Waals surface area contributed by atoms with E-state index in [0.717, 1.165) is 6.07 Å². The maximum absolute atomic E-state index is 12.2. The van der Waals surface area contributed by atoms with Gasteiger partial charge >= 0.3 is 0 Å². The third kappa shape index (κ3) is 1.51. The highest BCUT2D eigenvalue weighted by atomic mass is 19.1. The van der Waals surface area contributed by atoms with Crippen molar-refractivity contribution in [2.24, 2.45) is 0 Å². The molecule has 0 aliphatic carbocycles. The van der Waals surface area contributed by atoms with E-state index in [1.165, 1.54) is 18.2 Å². The minimum atomic E-state index is -2.09. The number of rotatable bonds is 1. The molecule has 0 amide bonds. The SMILES string of the molecule is OC(F)c1cccc(F)c1. The van der Waals surface area contributed by atoms with Gasteiger partial charge in [0.05, 0.1) is 0 Å². The van der Waals surface area contributed by atoms with Crippen LogP contribution in [0.25, 0.3) is 0 Å². The van der Waals surface area contributed by atoms with E-state index in [9.17, 15) is 8.78 Å². The molecule has 1 unspecified atom stereocenters. The summed E-state index contributed by atoms with van der Waals surface area (Å²) >= 11 is 0. The average Bonchev–Trinajstić information content (AvgIpc) is 1.88. The number of hydrogen-bond donors (Lipinski definition) is 1. The molecular formula is C7H6F2O. The molecule has 1 aromatic rings. The molecule has 1 aromatic carbocycles. The lowest BCUT2D eigenvalue weighted by Crippen LogP contribution is -1.88. The van der Waals surface area contributed by atoms with Crippen molar-refractivity contribution in [3.05, 3.63) is 35.6 Å². The zero-order valence-corrected chi connectivity index (χ0v) is 5.09. The van der Waals surface area contributed by atoms with Crippen LogP contribution >= 0.6 is 0 Å². The van der Waals surface area contributed by atoms with E-state index in [1.54, 1.807) is 0 Å². The Morgan fingerprint density at radius 1 is 1.40 bits per heavy atom. The van der Waals surface area contributed by atoms with Crippen LogP contribution in [0.4, 0.5) is 8.78 Å².